The Morgan fingerprint density at radius 2 is 1.64 bits per heavy atom. The SMILES string of the molecule is CC.CC(C)(CC(O)(Cn1ccc(=O)c2cccc(F)c21)C(F)(F)F)c1cc(F)ccc1O. The van der Waals surface area contributed by atoms with E-state index in [2.05, 4.69) is 0 Å². The van der Waals surface area contributed by atoms with E-state index in [9.17, 15) is 37.0 Å². The Labute approximate surface area is 187 Å². The molecule has 0 saturated carbocycles. The molecule has 1 unspecified atom stereocenters. The lowest BCUT2D eigenvalue weighted by atomic mass is 9.74. The summed E-state index contributed by atoms with van der Waals surface area (Å²) in [6, 6.07) is 7.40. The first kappa shape index (κ1) is 26.3. The van der Waals surface area contributed by atoms with E-state index in [4.69, 9.17) is 0 Å². The molecule has 9 heteroatoms. The number of hydrogen-bond donors (Lipinski definition) is 2. The van der Waals surface area contributed by atoms with Crippen LogP contribution in [0.5, 0.6) is 5.75 Å². The highest BCUT2D eigenvalue weighted by Gasteiger charge is 2.56. The fourth-order valence-electron chi connectivity index (χ4n) is 3.86. The first-order valence-electron chi connectivity index (χ1n) is 10.3. The molecule has 2 N–H and O–H groups in total. The molecular weight excluding hydrogens is 445 g/mol. The Bertz CT molecular complexity index is 1190. The maximum atomic E-state index is 14.4. The predicted molar refractivity (Wildman–Crippen MR) is 116 cm³/mol. The van der Waals surface area contributed by atoms with Crippen LogP contribution in [0.4, 0.5) is 22.0 Å². The van der Waals surface area contributed by atoms with Gasteiger partial charge in [0.1, 0.15) is 17.4 Å². The Hall–Kier alpha value is -2.94. The third-order valence-electron chi connectivity index (χ3n) is 5.33. The minimum Gasteiger partial charge on any atom is -0.508 e. The van der Waals surface area contributed by atoms with Gasteiger partial charge < -0.3 is 14.8 Å². The summed E-state index contributed by atoms with van der Waals surface area (Å²) < 4.78 is 71.0. The summed E-state index contributed by atoms with van der Waals surface area (Å²) in [7, 11) is 0. The molecule has 0 spiro atoms. The minimum atomic E-state index is -5.16. The standard InChI is InChI=1S/C22H20F5NO3.C2H6/c1-20(2,15-10-13(23)6-7-18(15)30)11-21(31,22(25,26)27)12-28-9-8-17(29)14-4-3-5-16(24)19(14)28;1-2/h3-10,30-31H,11-12H2,1-2H3;1-2H3. The van der Waals surface area contributed by atoms with Gasteiger partial charge in [-0.05, 0) is 42.2 Å². The van der Waals surface area contributed by atoms with Crippen molar-refractivity contribution in [2.75, 3.05) is 0 Å². The molecule has 0 aliphatic heterocycles. The molecule has 0 saturated heterocycles. The molecule has 0 aliphatic rings. The van der Waals surface area contributed by atoms with Gasteiger partial charge in [-0.1, -0.05) is 33.8 Å². The molecular formula is C24H26F5NO3. The van der Waals surface area contributed by atoms with Crippen LogP contribution < -0.4 is 5.43 Å². The molecule has 0 radical (unpaired) electrons. The van der Waals surface area contributed by atoms with Gasteiger partial charge in [-0.15, -0.1) is 0 Å². The Balaban J connectivity index is 0.00000187. The van der Waals surface area contributed by atoms with E-state index in [1.807, 2.05) is 13.8 Å². The van der Waals surface area contributed by atoms with Gasteiger partial charge in [0.05, 0.1) is 12.1 Å². The molecule has 0 aliphatic carbocycles. The van der Waals surface area contributed by atoms with Crippen LogP contribution in [0.3, 0.4) is 0 Å². The van der Waals surface area contributed by atoms with E-state index in [1.54, 1.807) is 0 Å². The lowest BCUT2D eigenvalue weighted by Crippen LogP contribution is -2.52. The number of aliphatic hydroxyl groups is 1. The summed E-state index contributed by atoms with van der Waals surface area (Å²) >= 11 is 0. The molecule has 0 amide bonds. The van der Waals surface area contributed by atoms with Crippen molar-refractivity contribution in [3.05, 3.63) is 76.1 Å². The van der Waals surface area contributed by atoms with Crippen molar-refractivity contribution in [1.82, 2.24) is 4.57 Å². The van der Waals surface area contributed by atoms with Gasteiger partial charge in [-0.3, -0.25) is 4.79 Å². The average molecular weight is 471 g/mol. The average Bonchev–Trinajstić information content (AvgIpc) is 2.72. The van der Waals surface area contributed by atoms with E-state index in [0.717, 1.165) is 41.1 Å². The van der Waals surface area contributed by atoms with Crippen LogP contribution >= 0.6 is 0 Å². The molecule has 4 nitrogen and oxygen atoms in total. The molecule has 0 bridgehead atoms. The van der Waals surface area contributed by atoms with E-state index in [0.29, 0.717) is 0 Å². The van der Waals surface area contributed by atoms with E-state index < -0.39 is 53.0 Å². The van der Waals surface area contributed by atoms with Crippen molar-refractivity contribution in [1.29, 1.82) is 0 Å². The number of pyridine rings is 1. The molecule has 3 rings (SSSR count). The zero-order valence-corrected chi connectivity index (χ0v) is 18.7. The van der Waals surface area contributed by atoms with Gasteiger partial charge in [0.2, 0.25) is 0 Å². The lowest BCUT2D eigenvalue weighted by molar-refractivity contribution is -0.271. The molecule has 1 aromatic heterocycles. The number of nitrogens with zero attached hydrogens (tertiary/aromatic N) is 1. The second-order valence-electron chi connectivity index (χ2n) is 8.20. The second-order valence-corrected chi connectivity index (χ2v) is 8.20. The molecule has 33 heavy (non-hydrogen) atoms. The predicted octanol–water partition coefficient (Wildman–Crippen LogP) is 5.67. The maximum Gasteiger partial charge on any atom is 0.418 e. The van der Waals surface area contributed by atoms with E-state index in [-0.39, 0.29) is 16.5 Å². The van der Waals surface area contributed by atoms with Crippen LogP contribution in [-0.2, 0) is 12.0 Å². The summed E-state index contributed by atoms with van der Waals surface area (Å²) in [6.07, 6.45) is -5.15. The largest absolute Gasteiger partial charge is 0.508 e. The van der Waals surface area contributed by atoms with Crippen LogP contribution in [0.25, 0.3) is 10.9 Å². The molecule has 3 aromatic rings. The Morgan fingerprint density at radius 3 is 2.24 bits per heavy atom. The van der Waals surface area contributed by atoms with Gasteiger partial charge in [0.15, 0.2) is 11.0 Å². The summed E-state index contributed by atoms with van der Waals surface area (Å²) in [5.74, 6) is -2.09. The van der Waals surface area contributed by atoms with Crippen molar-refractivity contribution in [2.45, 2.75) is 57.9 Å². The topological polar surface area (TPSA) is 62.5 Å². The van der Waals surface area contributed by atoms with E-state index in [1.165, 1.54) is 26.0 Å². The quantitative estimate of drug-likeness (QED) is 0.471. The van der Waals surface area contributed by atoms with Gasteiger partial charge in [-0.2, -0.15) is 13.2 Å². The fraction of sp³-hybridized carbons (Fsp3) is 0.375. The third kappa shape index (κ3) is 5.35. The monoisotopic (exact) mass is 471 g/mol. The van der Waals surface area contributed by atoms with Gasteiger partial charge in [-0.25, -0.2) is 8.78 Å². The molecule has 1 atom stereocenters. The van der Waals surface area contributed by atoms with Crippen LogP contribution in [0.2, 0.25) is 0 Å². The zero-order chi connectivity index (χ0) is 25.2. The number of aromatic nitrogens is 1. The number of alkyl halides is 3. The number of rotatable bonds is 5. The normalized spacial score (nSPS) is 13.9. The number of fused-ring (bicyclic) bond motifs is 1. The molecule has 0 fully saturated rings. The highest BCUT2D eigenvalue weighted by molar-refractivity contribution is 5.79. The van der Waals surface area contributed by atoms with Crippen molar-refractivity contribution in [3.8, 4) is 5.75 Å². The van der Waals surface area contributed by atoms with Gasteiger partial charge in [0, 0.05) is 23.2 Å². The summed E-state index contributed by atoms with van der Waals surface area (Å²) in [5.41, 5.74) is -5.98. The van der Waals surface area contributed by atoms with Crippen molar-refractivity contribution in [2.24, 2.45) is 0 Å². The van der Waals surface area contributed by atoms with Crippen molar-refractivity contribution in [3.63, 3.8) is 0 Å². The number of benzene rings is 2. The van der Waals surface area contributed by atoms with E-state index >= 15 is 0 Å². The van der Waals surface area contributed by atoms with Crippen LogP contribution in [0.15, 0.2) is 53.5 Å². The zero-order valence-electron chi connectivity index (χ0n) is 18.7. The number of hydrogen-bond acceptors (Lipinski definition) is 3. The van der Waals surface area contributed by atoms with Crippen molar-refractivity contribution >= 4 is 10.9 Å². The Kier molecular flexibility index (Phi) is 7.58. The maximum absolute atomic E-state index is 14.4. The minimum absolute atomic E-state index is 0.119. The molecule has 2 aromatic carbocycles. The summed E-state index contributed by atoms with van der Waals surface area (Å²) in [6.45, 7) is 5.53. The highest BCUT2D eigenvalue weighted by Crippen LogP contribution is 2.44. The Morgan fingerprint density at radius 1 is 1.00 bits per heavy atom. The third-order valence-corrected chi connectivity index (χ3v) is 5.33. The highest BCUT2D eigenvalue weighted by atomic mass is 19.4. The number of phenolic OH excluding ortho intramolecular Hbond substituents is 1. The first-order chi connectivity index (χ1) is 15.2. The molecule has 1 heterocycles. The summed E-state index contributed by atoms with van der Waals surface area (Å²) in [4.78, 5) is 12.0. The first-order valence-corrected chi connectivity index (χ1v) is 10.3. The number of aromatic hydroxyl groups is 1. The van der Waals surface area contributed by atoms with Gasteiger partial charge in [0.25, 0.3) is 0 Å². The smallest absolute Gasteiger partial charge is 0.418 e. The van der Waals surface area contributed by atoms with Crippen LogP contribution in [0.1, 0.15) is 39.7 Å². The molecule has 180 valence electrons. The van der Waals surface area contributed by atoms with Crippen molar-refractivity contribution < 1.29 is 32.2 Å². The number of para-hydroxylation sites is 1. The van der Waals surface area contributed by atoms with Crippen LogP contribution in [0, 0.1) is 11.6 Å². The second kappa shape index (κ2) is 9.51. The van der Waals surface area contributed by atoms with Crippen LogP contribution in [-0.4, -0.2) is 26.6 Å². The van der Waals surface area contributed by atoms with Gasteiger partial charge >= 0.3 is 6.18 Å². The summed E-state index contributed by atoms with van der Waals surface area (Å²) in [5, 5.41) is 20.7. The fourth-order valence-corrected chi connectivity index (χ4v) is 3.86. The number of phenols is 1. The lowest BCUT2D eigenvalue weighted by Gasteiger charge is -2.38. The number of halogens is 5.